The molecule has 1 aromatic carbocycles. The van der Waals surface area contributed by atoms with Gasteiger partial charge in [-0.1, -0.05) is 12.1 Å². The van der Waals surface area contributed by atoms with Crippen molar-refractivity contribution in [1.29, 1.82) is 0 Å². The van der Waals surface area contributed by atoms with Gasteiger partial charge in [-0.15, -0.1) is 11.3 Å². The van der Waals surface area contributed by atoms with Crippen LogP contribution in [0.5, 0.6) is 5.75 Å². The highest BCUT2D eigenvalue weighted by molar-refractivity contribution is 9.10. The van der Waals surface area contributed by atoms with Gasteiger partial charge in [-0.2, -0.15) is 5.10 Å². The fourth-order valence-corrected chi connectivity index (χ4v) is 2.77. The normalized spacial score (nSPS) is 10.6. The Morgan fingerprint density at radius 2 is 2.27 bits per heavy atom. The zero-order valence-corrected chi connectivity index (χ0v) is 13.5. The third kappa shape index (κ3) is 4.64. The van der Waals surface area contributed by atoms with E-state index in [9.17, 15) is 14.9 Å². The lowest BCUT2D eigenvalue weighted by Gasteiger charge is -2.05. The van der Waals surface area contributed by atoms with E-state index in [0.29, 0.717) is 0 Å². The van der Waals surface area contributed by atoms with Crippen molar-refractivity contribution in [3.63, 3.8) is 0 Å². The van der Waals surface area contributed by atoms with E-state index in [1.807, 2.05) is 11.4 Å². The molecule has 1 heterocycles. The van der Waals surface area contributed by atoms with E-state index in [2.05, 4.69) is 26.5 Å². The van der Waals surface area contributed by atoms with Crippen LogP contribution in [0.2, 0.25) is 0 Å². The quantitative estimate of drug-likeness (QED) is 0.471. The molecular weight excluding hydrogens is 374 g/mol. The summed E-state index contributed by atoms with van der Waals surface area (Å²) in [5.41, 5.74) is 2.09. The predicted molar refractivity (Wildman–Crippen MR) is 86.3 cm³/mol. The first-order valence-electron chi connectivity index (χ1n) is 5.98. The summed E-state index contributed by atoms with van der Waals surface area (Å²) >= 11 is 4.77. The molecule has 0 atom stereocenters. The second-order valence-electron chi connectivity index (χ2n) is 3.97. The van der Waals surface area contributed by atoms with E-state index in [1.54, 1.807) is 6.07 Å². The lowest BCUT2D eigenvalue weighted by atomic mass is 10.3. The first kappa shape index (κ1) is 16.1. The van der Waals surface area contributed by atoms with Gasteiger partial charge in [0.25, 0.3) is 5.91 Å². The van der Waals surface area contributed by atoms with E-state index in [-0.39, 0.29) is 18.0 Å². The first-order chi connectivity index (χ1) is 10.6. The first-order valence-corrected chi connectivity index (χ1v) is 7.65. The highest BCUT2D eigenvalue weighted by atomic mass is 79.9. The second-order valence-corrected chi connectivity index (χ2v) is 5.83. The highest BCUT2D eigenvalue weighted by Gasteiger charge is 2.14. The molecule has 0 saturated carbocycles. The number of para-hydroxylation sites is 2. The van der Waals surface area contributed by atoms with Crippen LogP contribution in [0.25, 0.3) is 0 Å². The Balaban J connectivity index is 1.85. The third-order valence-corrected chi connectivity index (χ3v) is 4.02. The molecule has 7 nitrogen and oxygen atoms in total. The smallest absolute Gasteiger partial charge is 0.310 e. The van der Waals surface area contributed by atoms with Gasteiger partial charge in [-0.3, -0.25) is 14.9 Å². The number of carbonyl (C=O) groups is 1. The number of ether oxygens (including phenoxy) is 1. The van der Waals surface area contributed by atoms with Crippen molar-refractivity contribution in [3.8, 4) is 5.75 Å². The van der Waals surface area contributed by atoms with E-state index >= 15 is 0 Å². The lowest BCUT2D eigenvalue weighted by molar-refractivity contribution is -0.385. The van der Waals surface area contributed by atoms with Crippen LogP contribution in [0.3, 0.4) is 0 Å². The second kappa shape index (κ2) is 7.66. The minimum absolute atomic E-state index is 0.0359. The molecule has 22 heavy (non-hydrogen) atoms. The molecule has 114 valence electrons. The molecule has 0 aliphatic heterocycles. The molecule has 2 aromatic rings. The summed E-state index contributed by atoms with van der Waals surface area (Å²) < 4.78 is 6.07. The minimum atomic E-state index is -0.569. The molecule has 0 bridgehead atoms. The summed E-state index contributed by atoms with van der Waals surface area (Å²) in [5.74, 6) is -0.473. The van der Waals surface area contributed by atoms with Crippen LogP contribution >= 0.6 is 27.3 Å². The summed E-state index contributed by atoms with van der Waals surface area (Å²) in [7, 11) is 0. The molecule has 1 N–H and O–H groups in total. The number of nitrogens with zero attached hydrogens (tertiary/aromatic N) is 2. The maximum atomic E-state index is 11.6. The van der Waals surface area contributed by atoms with E-state index < -0.39 is 10.8 Å². The molecule has 9 heteroatoms. The van der Waals surface area contributed by atoms with Crippen LogP contribution in [0, 0.1) is 10.1 Å². The van der Waals surface area contributed by atoms with Gasteiger partial charge in [0.05, 0.1) is 11.1 Å². The number of nitro groups is 1. The van der Waals surface area contributed by atoms with Crippen molar-refractivity contribution in [2.45, 2.75) is 0 Å². The van der Waals surface area contributed by atoms with E-state index in [0.717, 1.165) is 9.35 Å². The molecule has 0 unspecified atom stereocenters. The Labute approximate surface area is 137 Å². The number of carbonyl (C=O) groups excluding carboxylic acids is 1. The van der Waals surface area contributed by atoms with Gasteiger partial charge in [0.15, 0.2) is 12.4 Å². The Morgan fingerprint density at radius 1 is 1.50 bits per heavy atom. The average molecular weight is 384 g/mol. The molecule has 0 fully saturated rings. The van der Waals surface area contributed by atoms with E-state index in [1.165, 1.54) is 35.8 Å². The van der Waals surface area contributed by atoms with E-state index in [4.69, 9.17) is 4.74 Å². The van der Waals surface area contributed by atoms with Gasteiger partial charge in [0.2, 0.25) is 0 Å². The van der Waals surface area contributed by atoms with Crippen LogP contribution in [0.15, 0.2) is 45.3 Å². The fraction of sp³-hybridized carbons (Fsp3) is 0.0769. The standard InChI is InChI=1S/C13H10BrN3O4S/c14-9-5-10(22-8-9)6-15-16-13(18)7-21-12-4-2-1-3-11(12)17(19)20/h1-6,8H,7H2,(H,16,18)/b15-6-. The highest BCUT2D eigenvalue weighted by Crippen LogP contribution is 2.25. The minimum Gasteiger partial charge on any atom is -0.477 e. The van der Waals surface area contributed by atoms with Crippen molar-refractivity contribution in [2.24, 2.45) is 5.10 Å². The molecule has 1 amide bonds. The molecule has 0 spiro atoms. The Kier molecular flexibility index (Phi) is 5.61. The van der Waals surface area contributed by atoms with Gasteiger partial charge < -0.3 is 4.74 Å². The largest absolute Gasteiger partial charge is 0.477 e. The number of rotatable bonds is 6. The zero-order valence-electron chi connectivity index (χ0n) is 11.1. The van der Waals surface area contributed by atoms with Gasteiger partial charge >= 0.3 is 5.69 Å². The van der Waals surface area contributed by atoms with Crippen molar-refractivity contribution in [2.75, 3.05) is 6.61 Å². The molecule has 0 aliphatic carbocycles. The topological polar surface area (TPSA) is 93.8 Å². The molecular formula is C13H10BrN3O4S. The maximum Gasteiger partial charge on any atom is 0.310 e. The van der Waals surface area contributed by atoms with Crippen LogP contribution in [0.1, 0.15) is 4.88 Å². The number of hydrazone groups is 1. The number of nitro benzene ring substituents is 1. The monoisotopic (exact) mass is 383 g/mol. The Hall–Kier alpha value is -2.26. The third-order valence-electron chi connectivity index (χ3n) is 2.39. The maximum absolute atomic E-state index is 11.6. The summed E-state index contributed by atoms with van der Waals surface area (Å²) in [4.78, 5) is 22.7. The summed E-state index contributed by atoms with van der Waals surface area (Å²) in [6, 6.07) is 7.70. The zero-order chi connectivity index (χ0) is 15.9. The van der Waals surface area contributed by atoms with Gasteiger partial charge in [-0.25, -0.2) is 5.43 Å². The summed E-state index contributed by atoms with van der Waals surface area (Å²) in [6.45, 7) is -0.365. The number of thiophene rings is 1. The van der Waals surface area contributed by atoms with Crippen LogP contribution in [-0.2, 0) is 4.79 Å². The number of benzene rings is 1. The van der Waals surface area contributed by atoms with Crippen molar-refractivity contribution < 1.29 is 14.5 Å². The summed E-state index contributed by atoms with van der Waals surface area (Å²) in [5, 5.41) is 16.5. The van der Waals surface area contributed by atoms with Crippen molar-refractivity contribution in [3.05, 3.63) is 55.2 Å². The predicted octanol–water partition coefficient (Wildman–Crippen LogP) is 2.95. The molecule has 2 rings (SSSR count). The van der Waals surface area contributed by atoms with Crippen LogP contribution in [-0.4, -0.2) is 23.7 Å². The lowest BCUT2D eigenvalue weighted by Crippen LogP contribution is -2.24. The van der Waals surface area contributed by atoms with Crippen molar-refractivity contribution >= 4 is 45.1 Å². The molecule has 0 saturated heterocycles. The number of hydrogen-bond acceptors (Lipinski definition) is 6. The Bertz CT molecular complexity index is 717. The van der Waals surface area contributed by atoms with Gasteiger partial charge in [-0.05, 0) is 28.1 Å². The van der Waals surface area contributed by atoms with Gasteiger partial charge in [0.1, 0.15) is 0 Å². The summed E-state index contributed by atoms with van der Waals surface area (Å²) in [6.07, 6.45) is 1.50. The molecule has 1 aromatic heterocycles. The van der Waals surface area contributed by atoms with Gasteiger partial charge in [0, 0.05) is 20.8 Å². The molecule has 0 aliphatic rings. The number of halogens is 1. The van der Waals surface area contributed by atoms with Crippen LogP contribution in [0.4, 0.5) is 5.69 Å². The Morgan fingerprint density at radius 3 is 2.95 bits per heavy atom. The number of hydrogen-bond donors (Lipinski definition) is 1. The number of nitrogens with one attached hydrogen (secondary N) is 1. The molecule has 0 radical (unpaired) electrons. The fourth-order valence-electron chi connectivity index (χ4n) is 1.47. The number of amides is 1. The SMILES string of the molecule is O=C(COc1ccccc1[N+](=O)[O-])N/N=C\c1cc(Br)cs1. The van der Waals surface area contributed by atoms with Crippen LogP contribution < -0.4 is 10.2 Å². The van der Waals surface area contributed by atoms with Crippen molar-refractivity contribution in [1.82, 2.24) is 5.43 Å². The average Bonchev–Trinajstić information content (AvgIpc) is 2.91.